The van der Waals surface area contributed by atoms with Crippen LogP contribution in [0.15, 0.2) is 64.3 Å². The number of nitrogens with two attached hydrogens (primary N) is 1. The van der Waals surface area contributed by atoms with Crippen molar-refractivity contribution in [3.63, 3.8) is 0 Å². The number of unbranched alkanes of at least 4 members (excludes halogenated alkanes) is 4. The third-order valence-electron chi connectivity index (χ3n) is 5.44. The van der Waals surface area contributed by atoms with Crippen molar-refractivity contribution < 1.29 is 13.9 Å². The number of ether oxygens (including phenoxy) is 1. The van der Waals surface area contributed by atoms with Crippen LogP contribution in [0.3, 0.4) is 0 Å². The van der Waals surface area contributed by atoms with Crippen LogP contribution in [0, 0.1) is 0 Å². The lowest BCUT2D eigenvalue weighted by Crippen LogP contribution is -2.14. The van der Waals surface area contributed by atoms with Crippen molar-refractivity contribution in [1.29, 1.82) is 0 Å². The van der Waals surface area contributed by atoms with Crippen molar-refractivity contribution in [2.45, 2.75) is 32.1 Å². The molecule has 2 aromatic carbocycles. The molecule has 0 saturated heterocycles. The SMILES string of the molecule is C=CCCCCCCOc1ccc(C(=O)c2cccc3oc(-c4nn[nH]n4)c(N)c(=O)c23)cc1. The van der Waals surface area contributed by atoms with Crippen LogP contribution in [0.4, 0.5) is 5.69 Å². The fourth-order valence-electron chi connectivity index (χ4n) is 3.66. The van der Waals surface area contributed by atoms with Crippen molar-refractivity contribution in [2.24, 2.45) is 0 Å². The number of allylic oxidation sites excluding steroid dienone is 1. The van der Waals surface area contributed by atoms with Crippen LogP contribution in [-0.4, -0.2) is 33.0 Å². The number of hydrogen-bond acceptors (Lipinski definition) is 8. The summed E-state index contributed by atoms with van der Waals surface area (Å²) in [7, 11) is 0. The molecule has 9 heteroatoms. The van der Waals surface area contributed by atoms with Crippen LogP contribution >= 0.6 is 0 Å². The van der Waals surface area contributed by atoms with Gasteiger partial charge in [0.2, 0.25) is 17.0 Å². The lowest BCUT2D eigenvalue weighted by Gasteiger charge is -2.09. The van der Waals surface area contributed by atoms with Crippen LogP contribution < -0.4 is 15.9 Å². The molecule has 4 rings (SSSR count). The maximum Gasteiger partial charge on any atom is 0.242 e. The van der Waals surface area contributed by atoms with Gasteiger partial charge in [0, 0.05) is 11.1 Å². The van der Waals surface area contributed by atoms with Crippen LogP contribution in [0.25, 0.3) is 22.6 Å². The number of aromatic nitrogens is 4. The lowest BCUT2D eigenvalue weighted by atomic mass is 9.98. The Morgan fingerprint density at radius 2 is 1.91 bits per heavy atom. The van der Waals surface area contributed by atoms with Gasteiger partial charge in [0.05, 0.1) is 12.0 Å². The van der Waals surface area contributed by atoms with E-state index in [-0.39, 0.29) is 39.6 Å². The van der Waals surface area contributed by atoms with Crippen molar-refractivity contribution >= 4 is 22.4 Å². The van der Waals surface area contributed by atoms with Crippen LogP contribution in [0.1, 0.15) is 48.0 Å². The van der Waals surface area contributed by atoms with E-state index in [0.29, 0.717) is 17.9 Å². The number of tetrazole rings is 1. The van der Waals surface area contributed by atoms with Gasteiger partial charge >= 0.3 is 0 Å². The first-order chi connectivity index (χ1) is 16.6. The number of H-pyrrole nitrogens is 1. The third-order valence-corrected chi connectivity index (χ3v) is 5.44. The van der Waals surface area contributed by atoms with Gasteiger partial charge in [-0.1, -0.05) is 31.1 Å². The predicted molar refractivity (Wildman–Crippen MR) is 129 cm³/mol. The molecule has 9 nitrogen and oxygen atoms in total. The zero-order valence-electron chi connectivity index (χ0n) is 18.6. The fraction of sp³-hybridized carbons (Fsp3) is 0.240. The molecule has 0 amide bonds. The van der Waals surface area contributed by atoms with Crippen molar-refractivity contribution in [3.8, 4) is 17.3 Å². The molecular weight excluding hydrogens is 434 g/mol. The van der Waals surface area contributed by atoms with E-state index in [0.717, 1.165) is 32.1 Å². The second-order valence-electron chi connectivity index (χ2n) is 7.78. The Morgan fingerprint density at radius 1 is 1.12 bits per heavy atom. The molecule has 4 aromatic rings. The Balaban J connectivity index is 1.51. The maximum absolute atomic E-state index is 13.2. The van der Waals surface area contributed by atoms with Gasteiger partial charge < -0.3 is 14.9 Å². The molecule has 0 saturated carbocycles. The van der Waals surface area contributed by atoms with Gasteiger partial charge in [0.25, 0.3) is 0 Å². The van der Waals surface area contributed by atoms with E-state index in [9.17, 15) is 9.59 Å². The highest BCUT2D eigenvalue weighted by Crippen LogP contribution is 2.27. The summed E-state index contributed by atoms with van der Waals surface area (Å²) < 4.78 is 11.5. The minimum atomic E-state index is -0.530. The molecular formula is C25H25N5O4. The Morgan fingerprint density at radius 3 is 2.65 bits per heavy atom. The first-order valence-electron chi connectivity index (χ1n) is 11.1. The molecule has 0 aliphatic rings. The predicted octanol–water partition coefficient (Wildman–Crippen LogP) is 4.30. The minimum Gasteiger partial charge on any atom is -0.494 e. The monoisotopic (exact) mass is 459 g/mol. The quantitative estimate of drug-likeness (QED) is 0.192. The number of benzene rings is 2. The number of nitrogens with one attached hydrogen (secondary N) is 1. The molecule has 0 aliphatic heterocycles. The summed E-state index contributed by atoms with van der Waals surface area (Å²) in [6, 6.07) is 11.7. The number of nitrogen functional groups attached to an aromatic ring is 1. The van der Waals surface area contributed by atoms with E-state index >= 15 is 0 Å². The summed E-state index contributed by atoms with van der Waals surface area (Å²) >= 11 is 0. The zero-order chi connectivity index (χ0) is 23.9. The second-order valence-corrected chi connectivity index (χ2v) is 7.78. The molecule has 0 atom stereocenters. The van der Waals surface area contributed by atoms with E-state index in [1.165, 1.54) is 0 Å². The number of carbonyl (C=O) groups is 1. The molecule has 0 bridgehead atoms. The summed E-state index contributed by atoms with van der Waals surface area (Å²) in [5.41, 5.74) is 6.10. The van der Waals surface area contributed by atoms with Gasteiger partial charge in [0.15, 0.2) is 5.78 Å². The molecule has 2 aromatic heterocycles. The number of hydrogen-bond donors (Lipinski definition) is 2. The summed E-state index contributed by atoms with van der Waals surface area (Å²) in [5.74, 6) is 0.422. The topological polar surface area (TPSA) is 137 Å². The number of ketones is 1. The average molecular weight is 460 g/mol. The van der Waals surface area contributed by atoms with E-state index < -0.39 is 5.43 Å². The van der Waals surface area contributed by atoms with Crippen molar-refractivity contribution in [1.82, 2.24) is 20.6 Å². The highest BCUT2D eigenvalue weighted by atomic mass is 16.5. The molecule has 0 fully saturated rings. The maximum atomic E-state index is 13.2. The molecule has 2 heterocycles. The molecule has 34 heavy (non-hydrogen) atoms. The number of aromatic amines is 1. The van der Waals surface area contributed by atoms with E-state index in [2.05, 4.69) is 27.2 Å². The molecule has 3 N–H and O–H groups in total. The first kappa shape index (κ1) is 22.9. The number of fused-ring (bicyclic) bond motifs is 1. The normalized spacial score (nSPS) is 10.9. The number of carbonyl (C=O) groups excluding carboxylic acids is 1. The van der Waals surface area contributed by atoms with E-state index in [1.54, 1.807) is 42.5 Å². The lowest BCUT2D eigenvalue weighted by molar-refractivity contribution is 0.104. The molecule has 0 unspecified atom stereocenters. The summed E-state index contributed by atoms with van der Waals surface area (Å²) in [6.45, 7) is 4.35. The van der Waals surface area contributed by atoms with E-state index in [4.69, 9.17) is 14.9 Å². The summed E-state index contributed by atoms with van der Waals surface area (Å²) in [4.78, 5) is 26.3. The number of nitrogens with zero attached hydrogens (tertiary/aromatic N) is 3. The first-order valence-corrected chi connectivity index (χ1v) is 11.1. The highest BCUT2D eigenvalue weighted by Gasteiger charge is 2.21. The van der Waals surface area contributed by atoms with E-state index in [1.807, 2.05) is 6.08 Å². The standard InChI is InChI=1S/C25H25N5O4/c1-2-3-4-5-6-7-15-33-17-13-11-16(12-14-17)22(31)18-9-8-10-19-20(18)23(32)21(26)24(34-19)25-27-29-30-28-25/h2,8-14H,1,3-7,15,26H2,(H,27,28,29,30). The Labute approximate surface area is 195 Å². The molecule has 0 spiro atoms. The average Bonchev–Trinajstić information content (AvgIpc) is 3.40. The zero-order valence-corrected chi connectivity index (χ0v) is 18.6. The highest BCUT2D eigenvalue weighted by molar-refractivity contribution is 6.16. The van der Waals surface area contributed by atoms with Crippen LogP contribution in [-0.2, 0) is 0 Å². The second kappa shape index (κ2) is 10.6. The molecule has 174 valence electrons. The van der Waals surface area contributed by atoms with Crippen LogP contribution in [0.2, 0.25) is 0 Å². The summed E-state index contributed by atoms with van der Waals surface area (Å²) in [5, 5.41) is 13.5. The van der Waals surface area contributed by atoms with Gasteiger partial charge in [-0.15, -0.1) is 16.8 Å². The van der Waals surface area contributed by atoms with Gasteiger partial charge in [-0.3, -0.25) is 9.59 Å². The smallest absolute Gasteiger partial charge is 0.242 e. The Kier molecular flexibility index (Phi) is 7.12. The van der Waals surface area contributed by atoms with Gasteiger partial charge in [-0.05, 0) is 54.8 Å². The van der Waals surface area contributed by atoms with Crippen molar-refractivity contribution in [3.05, 3.63) is 76.5 Å². The number of anilines is 1. The molecule has 0 radical (unpaired) electrons. The van der Waals surface area contributed by atoms with Gasteiger partial charge in [0.1, 0.15) is 17.0 Å². The third kappa shape index (κ3) is 4.88. The Bertz CT molecular complexity index is 1340. The number of rotatable bonds is 11. The molecule has 0 aliphatic carbocycles. The minimum absolute atomic E-state index is 0.00180. The fourth-order valence-corrected chi connectivity index (χ4v) is 3.66. The van der Waals surface area contributed by atoms with Crippen LogP contribution in [0.5, 0.6) is 5.75 Å². The van der Waals surface area contributed by atoms with Gasteiger partial charge in [-0.25, -0.2) is 0 Å². The van der Waals surface area contributed by atoms with Crippen molar-refractivity contribution in [2.75, 3.05) is 12.3 Å². The largest absolute Gasteiger partial charge is 0.494 e. The Hall–Kier alpha value is -4.27. The summed E-state index contributed by atoms with van der Waals surface area (Å²) in [6.07, 6.45) is 7.36. The van der Waals surface area contributed by atoms with Gasteiger partial charge in [-0.2, -0.15) is 5.21 Å².